The van der Waals surface area contributed by atoms with E-state index in [4.69, 9.17) is 0 Å². The lowest BCUT2D eigenvalue weighted by Crippen LogP contribution is -2.31. The summed E-state index contributed by atoms with van der Waals surface area (Å²) in [7, 11) is -3.64. The highest BCUT2D eigenvalue weighted by atomic mass is 32.2. The molecule has 1 saturated heterocycles. The van der Waals surface area contributed by atoms with Crippen LogP contribution in [0, 0.1) is 6.92 Å². The Bertz CT molecular complexity index is 1140. The van der Waals surface area contributed by atoms with Crippen LogP contribution in [0.3, 0.4) is 0 Å². The number of nitrogens with one attached hydrogen (secondary N) is 2. The SMILES string of the molecule is CCCCC(N=C1NS(=O)(=O)c2ccccc21)C(=O)Nc1ccc(N2CCCC2)c(C)c1. The number of amidine groups is 1. The number of aryl methyl sites for hydroxylation is 1. The summed E-state index contributed by atoms with van der Waals surface area (Å²) in [4.78, 5) is 20.3. The highest BCUT2D eigenvalue weighted by Gasteiger charge is 2.31. The second-order valence-corrected chi connectivity index (χ2v) is 10.1. The van der Waals surface area contributed by atoms with E-state index in [0.29, 0.717) is 12.0 Å². The van der Waals surface area contributed by atoms with Crippen LogP contribution < -0.4 is 14.9 Å². The maximum atomic E-state index is 13.1. The van der Waals surface area contributed by atoms with Crippen molar-refractivity contribution in [3.8, 4) is 0 Å². The van der Waals surface area contributed by atoms with E-state index in [9.17, 15) is 13.2 Å². The van der Waals surface area contributed by atoms with E-state index in [1.165, 1.54) is 18.5 Å². The zero-order chi connectivity index (χ0) is 22.7. The number of anilines is 2. The van der Waals surface area contributed by atoms with Crippen molar-refractivity contribution in [2.24, 2.45) is 4.99 Å². The normalized spacial score (nSPS) is 18.9. The summed E-state index contributed by atoms with van der Waals surface area (Å²) >= 11 is 0. The van der Waals surface area contributed by atoms with Gasteiger partial charge in [-0.1, -0.05) is 31.9 Å². The van der Waals surface area contributed by atoms with Crippen molar-refractivity contribution in [3.63, 3.8) is 0 Å². The molecule has 4 rings (SSSR count). The minimum atomic E-state index is -3.64. The molecule has 1 fully saturated rings. The average Bonchev–Trinajstić information content (AvgIpc) is 3.38. The fourth-order valence-corrected chi connectivity index (χ4v) is 5.55. The Balaban J connectivity index is 1.56. The quantitative estimate of drug-likeness (QED) is 0.665. The summed E-state index contributed by atoms with van der Waals surface area (Å²) in [6.07, 6.45) is 4.70. The zero-order valence-electron chi connectivity index (χ0n) is 18.6. The minimum absolute atomic E-state index is 0.196. The lowest BCUT2D eigenvalue weighted by Gasteiger charge is -2.21. The number of benzene rings is 2. The fraction of sp³-hybridized carbons (Fsp3) is 0.417. The van der Waals surface area contributed by atoms with Gasteiger partial charge in [0, 0.05) is 30.0 Å². The summed E-state index contributed by atoms with van der Waals surface area (Å²) in [6.45, 7) is 6.25. The second kappa shape index (κ2) is 9.32. The number of hydrogen-bond donors (Lipinski definition) is 2. The van der Waals surface area contributed by atoms with Gasteiger partial charge in [-0.25, -0.2) is 8.42 Å². The number of fused-ring (bicyclic) bond motifs is 1. The molecule has 32 heavy (non-hydrogen) atoms. The van der Waals surface area contributed by atoms with Crippen molar-refractivity contribution in [1.82, 2.24) is 4.72 Å². The number of hydrogen-bond acceptors (Lipinski definition) is 5. The van der Waals surface area contributed by atoms with Crippen LogP contribution in [0.15, 0.2) is 52.4 Å². The van der Waals surface area contributed by atoms with Crippen molar-refractivity contribution in [1.29, 1.82) is 0 Å². The molecule has 2 aromatic rings. The van der Waals surface area contributed by atoms with E-state index in [0.717, 1.165) is 37.2 Å². The molecule has 0 saturated carbocycles. The van der Waals surface area contributed by atoms with Crippen LogP contribution in [0.2, 0.25) is 0 Å². The van der Waals surface area contributed by atoms with Crippen LogP contribution in [0.5, 0.6) is 0 Å². The van der Waals surface area contributed by atoms with Crippen molar-refractivity contribution in [2.75, 3.05) is 23.3 Å². The summed E-state index contributed by atoms with van der Waals surface area (Å²) in [6, 6.07) is 12.0. The highest BCUT2D eigenvalue weighted by molar-refractivity contribution is 7.90. The molecule has 2 aromatic carbocycles. The fourth-order valence-electron chi connectivity index (χ4n) is 4.31. The first-order valence-electron chi connectivity index (χ1n) is 11.3. The number of aliphatic imine (C=N–C) groups is 1. The Morgan fingerprint density at radius 3 is 2.66 bits per heavy atom. The van der Waals surface area contributed by atoms with E-state index in [1.54, 1.807) is 24.3 Å². The Morgan fingerprint density at radius 2 is 1.94 bits per heavy atom. The Kier molecular flexibility index (Phi) is 6.50. The van der Waals surface area contributed by atoms with Crippen LogP contribution in [0.25, 0.3) is 0 Å². The second-order valence-electron chi connectivity index (χ2n) is 8.42. The molecule has 0 bridgehead atoms. The van der Waals surface area contributed by atoms with E-state index in [1.807, 2.05) is 12.1 Å². The van der Waals surface area contributed by atoms with Gasteiger partial charge in [-0.3, -0.25) is 14.5 Å². The summed E-state index contributed by atoms with van der Waals surface area (Å²) in [5.41, 5.74) is 3.57. The molecule has 2 N–H and O–H groups in total. The third kappa shape index (κ3) is 4.65. The first-order chi connectivity index (χ1) is 15.4. The van der Waals surface area contributed by atoms with Gasteiger partial charge in [0.05, 0.1) is 4.90 Å². The minimum Gasteiger partial charge on any atom is -0.371 e. The van der Waals surface area contributed by atoms with Crippen LogP contribution in [-0.2, 0) is 14.8 Å². The number of carbonyl (C=O) groups excluding carboxylic acids is 1. The van der Waals surface area contributed by atoms with Gasteiger partial charge in [-0.2, -0.15) is 0 Å². The first-order valence-corrected chi connectivity index (χ1v) is 12.7. The van der Waals surface area contributed by atoms with Crippen LogP contribution in [0.1, 0.15) is 50.2 Å². The van der Waals surface area contributed by atoms with E-state index < -0.39 is 16.1 Å². The number of carbonyl (C=O) groups is 1. The van der Waals surface area contributed by atoms with Gasteiger partial charge in [0.25, 0.3) is 10.0 Å². The lowest BCUT2D eigenvalue weighted by molar-refractivity contribution is -0.117. The molecule has 0 aliphatic carbocycles. The van der Waals surface area contributed by atoms with Crippen molar-refractivity contribution < 1.29 is 13.2 Å². The predicted molar refractivity (Wildman–Crippen MR) is 128 cm³/mol. The van der Waals surface area contributed by atoms with Gasteiger partial charge in [-0.05, 0) is 62.1 Å². The summed E-state index contributed by atoms with van der Waals surface area (Å²) in [5, 5.41) is 2.99. The Morgan fingerprint density at radius 1 is 1.19 bits per heavy atom. The van der Waals surface area contributed by atoms with Gasteiger partial charge in [-0.15, -0.1) is 0 Å². The lowest BCUT2D eigenvalue weighted by atomic mass is 10.1. The largest absolute Gasteiger partial charge is 0.371 e. The van der Waals surface area contributed by atoms with Crippen LogP contribution in [-0.4, -0.2) is 39.3 Å². The van der Waals surface area contributed by atoms with Crippen LogP contribution >= 0.6 is 0 Å². The molecule has 7 nitrogen and oxygen atoms in total. The van der Waals surface area contributed by atoms with Gasteiger partial charge >= 0.3 is 0 Å². The summed E-state index contributed by atoms with van der Waals surface area (Å²) < 4.78 is 27.3. The Labute approximate surface area is 190 Å². The third-order valence-corrected chi connectivity index (χ3v) is 7.39. The molecule has 0 spiro atoms. The molecule has 1 atom stereocenters. The predicted octanol–water partition coefficient (Wildman–Crippen LogP) is 3.83. The third-order valence-electron chi connectivity index (χ3n) is 5.99. The van der Waals surface area contributed by atoms with Crippen molar-refractivity contribution >= 4 is 33.1 Å². The molecule has 1 unspecified atom stereocenters. The van der Waals surface area contributed by atoms with E-state index in [2.05, 4.69) is 39.8 Å². The molecule has 2 aliphatic rings. The van der Waals surface area contributed by atoms with Crippen molar-refractivity contribution in [2.45, 2.75) is 56.9 Å². The maximum absolute atomic E-state index is 13.1. The molecular weight excluding hydrogens is 424 g/mol. The molecule has 2 heterocycles. The van der Waals surface area contributed by atoms with Crippen molar-refractivity contribution in [3.05, 3.63) is 53.6 Å². The number of sulfonamides is 1. The topological polar surface area (TPSA) is 90.9 Å². The van der Waals surface area contributed by atoms with E-state index >= 15 is 0 Å². The van der Waals surface area contributed by atoms with Crippen LogP contribution in [0.4, 0.5) is 11.4 Å². The first kappa shape index (κ1) is 22.3. The molecule has 2 aliphatic heterocycles. The maximum Gasteiger partial charge on any atom is 0.263 e. The zero-order valence-corrected chi connectivity index (χ0v) is 19.4. The van der Waals surface area contributed by atoms with Gasteiger partial charge in [0.1, 0.15) is 11.9 Å². The van der Waals surface area contributed by atoms with Gasteiger partial charge in [0.2, 0.25) is 5.91 Å². The molecular formula is C24H30N4O3S. The van der Waals surface area contributed by atoms with Gasteiger partial charge < -0.3 is 10.2 Å². The van der Waals surface area contributed by atoms with E-state index in [-0.39, 0.29) is 16.6 Å². The number of amides is 1. The molecule has 1 amide bonds. The Hall–Kier alpha value is -2.87. The summed E-state index contributed by atoms with van der Waals surface area (Å²) in [5.74, 6) is 0.000247. The molecule has 0 aromatic heterocycles. The number of unbranched alkanes of at least 4 members (excludes halogenated alkanes) is 1. The molecule has 0 radical (unpaired) electrons. The monoisotopic (exact) mass is 454 g/mol. The highest BCUT2D eigenvalue weighted by Crippen LogP contribution is 2.27. The smallest absolute Gasteiger partial charge is 0.263 e. The average molecular weight is 455 g/mol. The molecule has 170 valence electrons. The standard InChI is InChI=1S/C24H30N4O3S/c1-3-4-10-20(26-23-19-9-5-6-11-22(19)32(30,31)27-23)24(29)25-18-12-13-21(17(2)16-18)28-14-7-8-15-28/h5-6,9,11-13,16,20H,3-4,7-8,10,14-15H2,1-2H3,(H,25,29)(H,26,27). The number of rotatable bonds is 7. The molecule has 8 heteroatoms. The van der Waals surface area contributed by atoms with Gasteiger partial charge in [0.15, 0.2) is 0 Å². The number of nitrogens with zero attached hydrogens (tertiary/aromatic N) is 2.